The molecule has 1 aromatic heterocycles. The Balaban J connectivity index is 2.34. The Morgan fingerprint density at radius 2 is 2.00 bits per heavy atom. The van der Waals surface area contributed by atoms with E-state index in [4.69, 9.17) is 33.7 Å². The molecule has 1 aromatic carbocycles. The molecule has 0 saturated carbocycles. The number of benzene rings is 1. The van der Waals surface area contributed by atoms with Crippen molar-refractivity contribution in [1.29, 1.82) is 0 Å². The van der Waals surface area contributed by atoms with Gasteiger partial charge in [0.05, 0.1) is 26.9 Å². The molecule has 110 valence electrons. The molecule has 8 heteroatoms. The average molecular weight is 328 g/mol. The van der Waals surface area contributed by atoms with Crippen LogP contribution in [0.15, 0.2) is 30.5 Å². The van der Waals surface area contributed by atoms with Crippen LogP contribution in [0.3, 0.4) is 0 Å². The van der Waals surface area contributed by atoms with Gasteiger partial charge in [-0.05, 0) is 19.1 Å². The highest BCUT2D eigenvalue weighted by Gasteiger charge is 2.19. The van der Waals surface area contributed by atoms with E-state index in [0.29, 0.717) is 11.4 Å². The first-order valence-corrected chi connectivity index (χ1v) is 6.67. The van der Waals surface area contributed by atoms with E-state index in [9.17, 15) is 10.1 Å². The molecule has 1 atom stereocenters. The van der Waals surface area contributed by atoms with E-state index in [1.807, 2.05) is 0 Å². The quantitative estimate of drug-likeness (QED) is 0.673. The summed E-state index contributed by atoms with van der Waals surface area (Å²) in [6.45, 7) is 1.80. The van der Waals surface area contributed by atoms with Gasteiger partial charge in [0, 0.05) is 18.2 Å². The molecule has 2 aromatic rings. The third-order valence-electron chi connectivity index (χ3n) is 2.65. The number of pyridine rings is 1. The molecule has 0 unspecified atom stereocenters. The summed E-state index contributed by atoms with van der Waals surface area (Å²) in [5.41, 5.74) is 6.10. The number of hydrogen-bond acceptors (Lipinski definition) is 5. The van der Waals surface area contributed by atoms with Crippen molar-refractivity contribution >= 4 is 28.9 Å². The van der Waals surface area contributed by atoms with E-state index in [-0.39, 0.29) is 27.5 Å². The van der Waals surface area contributed by atoms with Gasteiger partial charge in [0.1, 0.15) is 5.75 Å². The van der Waals surface area contributed by atoms with Crippen molar-refractivity contribution < 1.29 is 9.66 Å². The lowest BCUT2D eigenvalue weighted by Gasteiger charge is -2.09. The zero-order valence-corrected chi connectivity index (χ0v) is 12.4. The minimum atomic E-state index is -0.596. The van der Waals surface area contributed by atoms with E-state index in [1.54, 1.807) is 19.1 Å². The average Bonchev–Trinajstić information content (AvgIpc) is 2.43. The fourth-order valence-corrected chi connectivity index (χ4v) is 1.90. The Morgan fingerprint density at radius 1 is 1.33 bits per heavy atom. The number of halogens is 2. The Hall–Kier alpha value is -1.89. The number of hydrogen-bond donors (Lipinski definition) is 1. The lowest BCUT2D eigenvalue weighted by molar-refractivity contribution is -0.385. The van der Waals surface area contributed by atoms with E-state index < -0.39 is 4.92 Å². The van der Waals surface area contributed by atoms with Crippen molar-refractivity contribution in [3.05, 3.63) is 56.3 Å². The van der Waals surface area contributed by atoms with Crippen LogP contribution in [0.1, 0.15) is 18.7 Å². The van der Waals surface area contributed by atoms with Crippen molar-refractivity contribution in [2.24, 2.45) is 5.73 Å². The normalized spacial score (nSPS) is 12.0. The van der Waals surface area contributed by atoms with Gasteiger partial charge in [0.15, 0.2) is 0 Å². The first kappa shape index (κ1) is 15.5. The molecule has 0 saturated heterocycles. The maximum atomic E-state index is 11.0. The third-order valence-corrected chi connectivity index (χ3v) is 3.37. The maximum Gasteiger partial charge on any atom is 0.313 e. The molecule has 0 aliphatic rings. The van der Waals surface area contributed by atoms with E-state index in [0.717, 1.165) is 6.07 Å². The number of ether oxygens (including phenoxy) is 1. The number of nitro benzene ring substituents is 1. The van der Waals surface area contributed by atoms with Gasteiger partial charge in [-0.25, -0.2) is 0 Å². The number of rotatable bonds is 4. The monoisotopic (exact) mass is 327 g/mol. The van der Waals surface area contributed by atoms with Crippen molar-refractivity contribution in [3.8, 4) is 11.5 Å². The second-order valence-corrected chi connectivity index (χ2v) is 5.12. The standard InChI is InChI=1S/C13H11Cl2N3O3/c1-7(16)11-3-2-8(6-17-11)21-13-5-10(15)9(14)4-12(13)18(19)20/h2-7H,16H2,1H3/t7-/m0/s1. The van der Waals surface area contributed by atoms with E-state index in [1.165, 1.54) is 12.3 Å². The Kier molecular flexibility index (Phi) is 4.62. The molecule has 2 rings (SSSR count). The second-order valence-electron chi connectivity index (χ2n) is 4.30. The Bertz CT molecular complexity index is 675. The van der Waals surface area contributed by atoms with Crippen LogP contribution in [0, 0.1) is 10.1 Å². The first-order valence-electron chi connectivity index (χ1n) is 5.91. The van der Waals surface area contributed by atoms with Crippen LogP contribution in [-0.2, 0) is 0 Å². The van der Waals surface area contributed by atoms with Crippen LogP contribution in [0.4, 0.5) is 5.69 Å². The molecular formula is C13H11Cl2N3O3. The Labute approximate surface area is 130 Å². The largest absolute Gasteiger partial charge is 0.448 e. The number of aromatic nitrogens is 1. The molecule has 0 radical (unpaired) electrons. The van der Waals surface area contributed by atoms with Crippen molar-refractivity contribution in [2.45, 2.75) is 13.0 Å². The first-order chi connectivity index (χ1) is 9.88. The molecule has 21 heavy (non-hydrogen) atoms. The summed E-state index contributed by atoms with van der Waals surface area (Å²) in [7, 11) is 0. The molecule has 0 aliphatic heterocycles. The maximum absolute atomic E-state index is 11.0. The fourth-order valence-electron chi connectivity index (χ4n) is 1.59. The molecule has 0 bridgehead atoms. The number of nitro groups is 1. The van der Waals surface area contributed by atoms with E-state index in [2.05, 4.69) is 4.98 Å². The summed E-state index contributed by atoms with van der Waals surface area (Å²) in [4.78, 5) is 14.5. The molecule has 0 fully saturated rings. The van der Waals surface area contributed by atoms with Gasteiger partial charge in [-0.2, -0.15) is 0 Å². The minimum absolute atomic E-state index is 0.00949. The van der Waals surface area contributed by atoms with Gasteiger partial charge in [0.2, 0.25) is 5.75 Å². The lowest BCUT2D eigenvalue weighted by Crippen LogP contribution is -2.06. The zero-order valence-electron chi connectivity index (χ0n) is 10.9. The van der Waals surface area contributed by atoms with Crippen molar-refractivity contribution in [2.75, 3.05) is 0 Å². The van der Waals surface area contributed by atoms with Gasteiger partial charge in [-0.15, -0.1) is 0 Å². The van der Waals surface area contributed by atoms with Crippen molar-refractivity contribution in [1.82, 2.24) is 4.98 Å². The van der Waals surface area contributed by atoms with Gasteiger partial charge in [-0.1, -0.05) is 23.2 Å². The molecule has 6 nitrogen and oxygen atoms in total. The Morgan fingerprint density at radius 3 is 2.52 bits per heavy atom. The van der Waals surface area contributed by atoms with Crippen LogP contribution in [0.2, 0.25) is 10.0 Å². The van der Waals surface area contributed by atoms with Gasteiger partial charge in [0.25, 0.3) is 0 Å². The van der Waals surface area contributed by atoms with Crippen molar-refractivity contribution in [3.63, 3.8) is 0 Å². The lowest BCUT2D eigenvalue weighted by atomic mass is 10.2. The van der Waals surface area contributed by atoms with Gasteiger partial charge in [-0.3, -0.25) is 15.1 Å². The number of nitrogens with two attached hydrogens (primary N) is 1. The summed E-state index contributed by atoms with van der Waals surface area (Å²) < 4.78 is 5.45. The molecule has 2 N–H and O–H groups in total. The van der Waals surface area contributed by atoms with Crippen LogP contribution in [-0.4, -0.2) is 9.91 Å². The highest BCUT2D eigenvalue weighted by Crippen LogP contribution is 2.37. The van der Waals surface area contributed by atoms with Crippen LogP contribution in [0.5, 0.6) is 11.5 Å². The highest BCUT2D eigenvalue weighted by molar-refractivity contribution is 6.42. The predicted octanol–water partition coefficient (Wildman–Crippen LogP) is 4.11. The summed E-state index contributed by atoms with van der Waals surface area (Å²) in [5.74, 6) is 0.325. The van der Waals surface area contributed by atoms with Crippen LogP contribution < -0.4 is 10.5 Å². The SMILES string of the molecule is C[C@H](N)c1ccc(Oc2cc(Cl)c(Cl)cc2[N+](=O)[O-])cn1. The molecule has 0 spiro atoms. The predicted molar refractivity (Wildman–Crippen MR) is 80.0 cm³/mol. The van der Waals surface area contributed by atoms with Crippen LogP contribution in [0.25, 0.3) is 0 Å². The third kappa shape index (κ3) is 3.60. The molecule has 1 heterocycles. The van der Waals surface area contributed by atoms with E-state index >= 15 is 0 Å². The molecule has 0 aliphatic carbocycles. The van der Waals surface area contributed by atoms with Gasteiger partial charge >= 0.3 is 5.69 Å². The topological polar surface area (TPSA) is 91.3 Å². The molecular weight excluding hydrogens is 317 g/mol. The van der Waals surface area contributed by atoms with Gasteiger partial charge < -0.3 is 10.5 Å². The minimum Gasteiger partial charge on any atom is -0.448 e. The second kappa shape index (κ2) is 6.26. The zero-order chi connectivity index (χ0) is 15.6. The summed E-state index contributed by atoms with van der Waals surface area (Å²) in [5, 5.41) is 11.3. The fraction of sp³-hybridized carbons (Fsp3) is 0.154. The summed E-state index contributed by atoms with van der Waals surface area (Å²) in [6, 6.07) is 5.53. The van der Waals surface area contributed by atoms with Crippen LogP contribution >= 0.6 is 23.2 Å². The summed E-state index contributed by atoms with van der Waals surface area (Å²) in [6.07, 6.45) is 1.44. The summed E-state index contributed by atoms with van der Waals surface area (Å²) >= 11 is 11.6. The molecule has 0 amide bonds. The smallest absolute Gasteiger partial charge is 0.313 e. The highest BCUT2D eigenvalue weighted by atomic mass is 35.5. The number of nitrogens with zero attached hydrogens (tertiary/aromatic N) is 2.